The summed E-state index contributed by atoms with van der Waals surface area (Å²) in [4.78, 5) is 11.0. The number of thiophene rings is 1. The van der Waals surface area contributed by atoms with Crippen LogP contribution in [0, 0.1) is 0 Å². The van der Waals surface area contributed by atoms with Crippen LogP contribution in [-0.2, 0) is 0 Å². The molecule has 82 valence electrons. The van der Waals surface area contributed by atoms with Gasteiger partial charge < -0.3 is 4.74 Å². The number of hydrogen-bond donors (Lipinski definition) is 0. The lowest BCUT2D eigenvalue weighted by Crippen LogP contribution is -1.90. The summed E-state index contributed by atoms with van der Waals surface area (Å²) in [7, 11) is 1.59. The molecule has 0 radical (unpaired) electrons. The highest BCUT2D eigenvalue weighted by molar-refractivity contribution is 9.10. The fraction of sp³-hybridized carbons (Fsp3) is 0.0833. The molecule has 1 heterocycles. The van der Waals surface area contributed by atoms with Crippen molar-refractivity contribution in [2.75, 3.05) is 7.11 Å². The summed E-state index contributed by atoms with van der Waals surface area (Å²) in [5, 5.41) is 4.01. The van der Waals surface area contributed by atoms with Gasteiger partial charge in [0.15, 0.2) is 6.29 Å². The molecule has 2 rings (SSSR count). The summed E-state index contributed by atoms with van der Waals surface area (Å²) in [6, 6.07) is 5.49. The normalized spacial score (nSPS) is 10.1. The molecule has 0 fully saturated rings. The Kier molecular flexibility index (Phi) is 3.41. The summed E-state index contributed by atoms with van der Waals surface area (Å²) in [6.45, 7) is 0. The quantitative estimate of drug-likeness (QED) is 0.800. The molecule has 0 aliphatic carbocycles. The van der Waals surface area contributed by atoms with Crippen molar-refractivity contribution in [2.45, 2.75) is 0 Å². The summed E-state index contributed by atoms with van der Waals surface area (Å²) < 4.78 is 6.10. The van der Waals surface area contributed by atoms with E-state index in [0.29, 0.717) is 11.3 Å². The minimum absolute atomic E-state index is 0.637. The van der Waals surface area contributed by atoms with Crippen LogP contribution in [0.1, 0.15) is 10.4 Å². The first-order valence-corrected chi connectivity index (χ1v) is 6.35. The fourth-order valence-electron chi connectivity index (χ4n) is 1.48. The molecular weight excluding hydrogens is 288 g/mol. The van der Waals surface area contributed by atoms with Gasteiger partial charge in [-0.1, -0.05) is 0 Å². The van der Waals surface area contributed by atoms with E-state index in [4.69, 9.17) is 4.74 Å². The molecule has 0 spiro atoms. The van der Waals surface area contributed by atoms with Gasteiger partial charge in [0.2, 0.25) is 0 Å². The highest BCUT2D eigenvalue weighted by atomic mass is 79.9. The summed E-state index contributed by atoms with van der Waals surface area (Å²) in [5.74, 6) is 0.692. The van der Waals surface area contributed by atoms with Crippen molar-refractivity contribution in [1.29, 1.82) is 0 Å². The Morgan fingerprint density at radius 1 is 1.31 bits per heavy atom. The molecule has 2 aromatic rings. The lowest BCUT2D eigenvalue weighted by Gasteiger charge is -2.06. The predicted molar refractivity (Wildman–Crippen MR) is 69.4 cm³/mol. The molecule has 0 atom stereocenters. The second-order valence-electron chi connectivity index (χ2n) is 3.20. The van der Waals surface area contributed by atoms with E-state index < -0.39 is 0 Å². The van der Waals surface area contributed by atoms with Crippen LogP contribution in [0.4, 0.5) is 0 Å². The van der Waals surface area contributed by atoms with Gasteiger partial charge in [-0.05, 0) is 45.1 Å². The first-order chi connectivity index (χ1) is 7.76. The third kappa shape index (κ3) is 2.03. The van der Waals surface area contributed by atoms with Crippen molar-refractivity contribution < 1.29 is 9.53 Å². The topological polar surface area (TPSA) is 26.3 Å². The minimum Gasteiger partial charge on any atom is -0.497 e. The Morgan fingerprint density at radius 3 is 2.69 bits per heavy atom. The summed E-state index contributed by atoms with van der Waals surface area (Å²) >= 11 is 5.06. The standard InChI is InChI=1S/C12H9BrO2S/c1-15-9-2-3-10(8(4-9)5-14)11-6-16-7-12(11)13/h2-7H,1H3. The zero-order valence-electron chi connectivity index (χ0n) is 8.57. The highest BCUT2D eigenvalue weighted by Crippen LogP contribution is 2.34. The van der Waals surface area contributed by atoms with Crippen molar-refractivity contribution in [3.05, 3.63) is 39.0 Å². The largest absolute Gasteiger partial charge is 0.497 e. The van der Waals surface area contributed by atoms with Gasteiger partial charge in [-0.2, -0.15) is 11.3 Å². The molecule has 4 heteroatoms. The lowest BCUT2D eigenvalue weighted by atomic mass is 10.0. The maximum atomic E-state index is 11.0. The smallest absolute Gasteiger partial charge is 0.150 e. The molecule has 0 aliphatic heterocycles. The third-order valence-electron chi connectivity index (χ3n) is 2.29. The number of carbonyl (C=O) groups excluding carboxylic acids is 1. The molecule has 0 bridgehead atoms. The molecular formula is C12H9BrO2S. The van der Waals surface area contributed by atoms with Gasteiger partial charge in [0.05, 0.1) is 7.11 Å². The van der Waals surface area contributed by atoms with Crippen LogP contribution in [0.3, 0.4) is 0 Å². The van der Waals surface area contributed by atoms with E-state index in [1.165, 1.54) is 0 Å². The monoisotopic (exact) mass is 296 g/mol. The fourth-order valence-corrected chi connectivity index (χ4v) is 2.99. The van der Waals surface area contributed by atoms with E-state index in [0.717, 1.165) is 21.9 Å². The molecule has 0 N–H and O–H groups in total. The van der Waals surface area contributed by atoms with Crippen LogP contribution in [0.5, 0.6) is 5.75 Å². The number of benzene rings is 1. The highest BCUT2D eigenvalue weighted by Gasteiger charge is 2.09. The van der Waals surface area contributed by atoms with Crippen LogP contribution >= 0.6 is 27.3 Å². The van der Waals surface area contributed by atoms with E-state index in [-0.39, 0.29) is 0 Å². The van der Waals surface area contributed by atoms with E-state index in [2.05, 4.69) is 15.9 Å². The third-order valence-corrected chi connectivity index (χ3v) is 3.99. The van der Waals surface area contributed by atoms with Gasteiger partial charge in [0.25, 0.3) is 0 Å². The minimum atomic E-state index is 0.637. The first kappa shape index (κ1) is 11.4. The van der Waals surface area contributed by atoms with E-state index in [1.807, 2.05) is 22.9 Å². The lowest BCUT2D eigenvalue weighted by molar-refractivity contribution is 0.112. The Morgan fingerprint density at radius 2 is 2.12 bits per heavy atom. The van der Waals surface area contributed by atoms with E-state index in [9.17, 15) is 4.79 Å². The Balaban J connectivity index is 2.57. The average Bonchev–Trinajstić information content (AvgIpc) is 2.74. The van der Waals surface area contributed by atoms with Gasteiger partial charge in [0, 0.05) is 21.0 Å². The zero-order valence-corrected chi connectivity index (χ0v) is 11.0. The number of rotatable bonds is 3. The van der Waals surface area contributed by atoms with Gasteiger partial charge >= 0.3 is 0 Å². The molecule has 1 aromatic heterocycles. The van der Waals surface area contributed by atoms with E-state index >= 15 is 0 Å². The van der Waals surface area contributed by atoms with Gasteiger partial charge in [-0.3, -0.25) is 4.79 Å². The van der Waals surface area contributed by atoms with Crippen molar-refractivity contribution in [1.82, 2.24) is 0 Å². The molecule has 1 aromatic carbocycles. The average molecular weight is 297 g/mol. The number of hydrogen-bond acceptors (Lipinski definition) is 3. The van der Waals surface area contributed by atoms with Crippen LogP contribution < -0.4 is 4.74 Å². The van der Waals surface area contributed by atoms with Crippen molar-refractivity contribution >= 4 is 33.6 Å². The van der Waals surface area contributed by atoms with Crippen molar-refractivity contribution in [3.8, 4) is 16.9 Å². The Bertz CT molecular complexity index is 519. The van der Waals surface area contributed by atoms with Gasteiger partial charge in [-0.25, -0.2) is 0 Å². The van der Waals surface area contributed by atoms with Gasteiger partial charge in [0.1, 0.15) is 5.75 Å². The first-order valence-electron chi connectivity index (χ1n) is 4.61. The Labute approximate surface area is 106 Å². The maximum absolute atomic E-state index is 11.0. The molecule has 0 unspecified atom stereocenters. The summed E-state index contributed by atoms with van der Waals surface area (Å²) in [6.07, 6.45) is 0.849. The number of carbonyl (C=O) groups is 1. The zero-order chi connectivity index (χ0) is 11.5. The summed E-state index contributed by atoms with van der Waals surface area (Å²) in [5.41, 5.74) is 2.59. The molecule has 0 saturated carbocycles. The van der Waals surface area contributed by atoms with Crippen LogP contribution in [-0.4, -0.2) is 13.4 Å². The SMILES string of the molecule is COc1ccc(-c2cscc2Br)c(C=O)c1. The predicted octanol–water partition coefficient (Wildman–Crippen LogP) is 4.00. The number of halogens is 1. The number of ether oxygens (including phenoxy) is 1. The molecule has 0 amide bonds. The maximum Gasteiger partial charge on any atom is 0.150 e. The van der Waals surface area contributed by atoms with Crippen molar-refractivity contribution in [2.24, 2.45) is 0 Å². The number of aldehydes is 1. The molecule has 16 heavy (non-hydrogen) atoms. The van der Waals surface area contributed by atoms with E-state index in [1.54, 1.807) is 24.5 Å². The number of methoxy groups -OCH3 is 1. The molecule has 0 saturated heterocycles. The van der Waals surface area contributed by atoms with Crippen molar-refractivity contribution in [3.63, 3.8) is 0 Å². The molecule has 2 nitrogen and oxygen atoms in total. The second-order valence-corrected chi connectivity index (χ2v) is 4.80. The second kappa shape index (κ2) is 4.80. The Hall–Kier alpha value is -1.13. The van der Waals surface area contributed by atoms with Gasteiger partial charge in [-0.15, -0.1) is 0 Å². The molecule has 0 aliphatic rings. The van der Waals surface area contributed by atoms with Crippen LogP contribution in [0.2, 0.25) is 0 Å². The van der Waals surface area contributed by atoms with Crippen LogP contribution in [0.25, 0.3) is 11.1 Å². The van der Waals surface area contributed by atoms with Crippen LogP contribution in [0.15, 0.2) is 33.4 Å².